The smallest absolute Gasteiger partial charge is 0.161 e. The fourth-order valence-electron chi connectivity index (χ4n) is 2.92. The molecule has 0 aliphatic rings. The molecule has 0 atom stereocenters. The molecule has 0 bridgehead atoms. The van der Waals surface area contributed by atoms with E-state index < -0.39 is 0 Å². The number of ether oxygens (including phenoxy) is 2. The molecule has 1 aromatic carbocycles. The SMILES string of the molecule is CCCCCCCCNCc1ccc(OCCCCCC)c(OC)c1. The number of methoxy groups -OCH3 is 1. The molecule has 1 aromatic rings. The Morgan fingerprint density at radius 2 is 1.48 bits per heavy atom. The molecule has 0 aromatic heterocycles. The molecule has 3 nitrogen and oxygen atoms in total. The van der Waals surface area contributed by atoms with Crippen LogP contribution < -0.4 is 14.8 Å². The maximum absolute atomic E-state index is 5.87. The molecule has 0 aliphatic carbocycles. The van der Waals surface area contributed by atoms with Crippen LogP contribution in [-0.2, 0) is 6.54 Å². The van der Waals surface area contributed by atoms with Gasteiger partial charge in [-0.25, -0.2) is 0 Å². The van der Waals surface area contributed by atoms with Crippen LogP contribution in [-0.4, -0.2) is 20.3 Å². The highest BCUT2D eigenvalue weighted by Gasteiger charge is 2.05. The number of rotatable bonds is 16. The maximum Gasteiger partial charge on any atom is 0.161 e. The first-order valence-corrected chi connectivity index (χ1v) is 10.3. The lowest BCUT2D eigenvalue weighted by Crippen LogP contribution is -2.14. The van der Waals surface area contributed by atoms with Crippen molar-refractivity contribution in [3.05, 3.63) is 23.8 Å². The lowest BCUT2D eigenvalue weighted by molar-refractivity contribution is 0.285. The summed E-state index contributed by atoms with van der Waals surface area (Å²) in [6, 6.07) is 6.27. The maximum atomic E-state index is 5.87. The van der Waals surface area contributed by atoms with Gasteiger partial charge in [-0.2, -0.15) is 0 Å². The van der Waals surface area contributed by atoms with Crippen molar-refractivity contribution in [2.24, 2.45) is 0 Å². The average molecular weight is 350 g/mol. The molecule has 0 fully saturated rings. The predicted octanol–water partition coefficient (Wildman–Crippen LogP) is 6.10. The Labute approximate surface area is 155 Å². The third-order valence-corrected chi connectivity index (χ3v) is 4.52. The first-order chi connectivity index (χ1) is 12.3. The Morgan fingerprint density at radius 3 is 2.20 bits per heavy atom. The van der Waals surface area contributed by atoms with E-state index in [4.69, 9.17) is 9.47 Å². The average Bonchev–Trinajstić information content (AvgIpc) is 2.64. The summed E-state index contributed by atoms with van der Waals surface area (Å²) in [5.41, 5.74) is 1.25. The van der Waals surface area contributed by atoms with Crippen molar-refractivity contribution in [1.29, 1.82) is 0 Å². The van der Waals surface area contributed by atoms with Crippen molar-refractivity contribution in [2.45, 2.75) is 84.6 Å². The van der Waals surface area contributed by atoms with E-state index in [0.29, 0.717) is 0 Å². The van der Waals surface area contributed by atoms with E-state index in [0.717, 1.165) is 37.6 Å². The van der Waals surface area contributed by atoms with Gasteiger partial charge < -0.3 is 14.8 Å². The van der Waals surface area contributed by atoms with Crippen LogP contribution in [0.5, 0.6) is 11.5 Å². The summed E-state index contributed by atoms with van der Waals surface area (Å²) in [4.78, 5) is 0. The molecule has 0 radical (unpaired) electrons. The molecule has 1 N–H and O–H groups in total. The fraction of sp³-hybridized carbons (Fsp3) is 0.727. The van der Waals surface area contributed by atoms with E-state index in [9.17, 15) is 0 Å². The van der Waals surface area contributed by atoms with Gasteiger partial charge in [-0.05, 0) is 37.1 Å². The lowest BCUT2D eigenvalue weighted by atomic mass is 10.1. The lowest BCUT2D eigenvalue weighted by Gasteiger charge is -2.12. The molecule has 0 saturated carbocycles. The van der Waals surface area contributed by atoms with Gasteiger partial charge in [0.25, 0.3) is 0 Å². The van der Waals surface area contributed by atoms with Gasteiger partial charge in [0.2, 0.25) is 0 Å². The Kier molecular flexibility index (Phi) is 13.2. The largest absolute Gasteiger partial charge is 0.493 e. The van der Waals surface area contributed by atoms with E-state index >= 15 is 0 Å². The summed E-state index contributed by atoms with van der Waals surface area (Å²) in [6.07, 6.45) is 12.9. The first-order valence-electron chi connectivity index (χ1n) is 10.3. The zero-order valence-corrected chi connectivity index (χ0v) is 16.7. The molecule has 0 amide bonds. The minimum Gasteiger partial charge on any atom is -0.493 e. The molecule has 0 unspecified atom stereocenters. The van der Waals surface area contributed by atoms with E-state index in [2.05, 4.69) is 31.3 Å². The van der Waals surface area contributed by atoms with Gasteiger partial charge in [0, 0.05) is 6.54 Å². The summed E-state index contributed by atoms with van der Waals surface area (Å²) in [7, 11) is 1.72. The molecule has 0 aliphatic heterocycles. The number of hydrogen-bond acceptors (Lipinski definition) is 3. The standard InChI is InChI=1S/C22H39NO2/c1-4-6-8-10-11-12-16-23-19-20-14-15-21(22(18-20)24-3)25-17-13-9-7-5-2/h14-15,18,23H,4-13,16-17,19H2,1-3H3. The van der Waals surface area contributed by atoms with Gasteiger partial charge in [-0.3, -0.25) is 0 Å². The highest BCUT2D eigenvalue weighted by molar-refractivity contribution is 5.42. The molecule has 0 spiro atoms. The van der Waals surface area contributed by atoms with E-state index in [-0.39, 0.29) is 0 Å². The Morgan fingerprint density at radius 1 is 0.800 bits per heavy atom. The zero-order valence-electron chi connectivity index (χ0n) is 16.7. The van der Waals surface area contributed by atoms with Gasteiger partial charge in [0.05, 0.1) is 13.7 Å². The highest BCUT2D eigenvalue weighted by Crippen LogP contribution is 2.28. The zero-order chi connectivity index (χ0) is 18.2. The molecular formula is C22H39NO2. The summed E-state index contributed by atoms with van der Waals surface area (Å²) in [6.45, 7) is 7.24. The number of unbranched alkanes of at least 4 members (excludes halogenated alkanes) is 8. The van der Waals surface area contributed by atoms with E-state index in [1.807, 2.05) is 6.07 Å². The van der Waals surface area contributed by atoms with Crippen LogP contribution in [0, 0.1) is 0 Å². The van der Waals surface area contributed by atoms with Crippen molar-refractivity contribution >= 4 is 0 Å². The van der Waals surface area contributed by atoms with Crippen LogP contribution >= 0.6 is 0 Å². The van der Waals surface area contributed by atoms with Gasteiger partial charge >= 0.3 is 0 Å². The van der Waals surface area contributed by atoms with E-state index in [1.54, 1.807) is 7.11 Å². The van der Waals surface area contributed by atoms with Crippen molar-refractivity contribution in [2.75, 3.05) is 20.3 Å². The highest BCUT2D eigenvalue weighted by atomic mass is 16.5. The quantitative estimate of drug-likeness (QED) is 0.365. The second-order valence-electron chi connectivity index (χ2n) is 6.84. The van der Waals surface area contributed by atoms with Crippen molar-refractivity contribution < 1.29 is 9.47 Å². The molecule has 25 heavy (non-hydrogen) atoms. The van der Waals surface area contributed by atoms with Crippen molar-refractivity contribution in [3.63, 3.8) is 0 Å². The molecule has 0 saturated heterocycles. The number of nitrogens with one attached hydrogen (secondary N) is 1. The van der Waals surface area contributed by atoms with Crippen LogP contribution in [0.25, 0.3) is 0 Å². The van der Waals surface area contributed by atoms with Crippen LogP contribution in [0.3, 0.4) is 0 Å². The fourth-order valence-corrected chi connectivity index (χ4v) is 2.92. The Balaban J connectivity index is 2.24. The normalized spacial score (nSPS) is 10.8. The Hall–Kier alpha value is -1.22. The molecule has 3 heteroatoms. The molecule has 1 rings (SSSR count). The first kappa shape index (κ1) is 21.8. The van der Waals surface area contributed by atoms with Crippen LogP contribution in [0.1, 0.15) is 83.6 Å². The van der Waals surface area contributed by atoms with Crippen molar-refractivity contribution in [1.82, 2.24) is 5.32 Å². The van der Waals surface area contributed by atoms with Crippen LogP contribution in [0.2, 0.25) is 0 Å². The third kappa shape index (κ3) is 10.4. The van der Waals surface area contributed by atoms with Gasteiger partial charge in [0.1, 0.15) is 0 Å². The Bertz CT molecular complexity index is 434. The molecule has 144 valence electrons. The number of hydrogen-bond donors (Lipinski definition) is 1. The molecular weight excluding hydrogens is 310 g/mol. The minimum atomic E-state index is 0.770. The van der Waals surface area contributed by atoms with Crippen LogP contribution in [0.4, 0.5) is 0 Å². The monoisotopic (exact) mass is 349 g/mol. The number of benzene rings is 1. The predicted molar refractivity (Wildman–Crippen MR) is 108 cm³/mol. The summed E-state index contributed by atoms with van der Waals surface area (Å²) < 4.78 is 11.4. The summed E-state index contributed by atoms with van der Waals surface area (Å²) in [5.74, 6) is 1.70. The van der Waals surface area contributed by atoms with Crippen molar-refractivity contribution in [3.8, 4) is 11.5 Å². The van der Waals surface area contributed by atoms with Gasteiger partial charge in [-0.1, -0.05) is 71.3 Å². The van der Waals surface area contributed by atoms with Crippen LogP contribution in [0.15, 0.2) is 18.2 Å². The summed E-state index contributed by atoms with van der Waals surface area (Å²) >= 11 is 0. The van der Waals surface area contributed by atoms with E-state index in [1.165, 1.54) is 63.4 Å². The third-order valence-electron chi connectivity index (χ3n) is 4.52. The second kappa shape index (κ2) is 15.1. The van der Waals surface area contributed by atoms with Gasteiger partial charge in [0.15, 0.2) is 11.5 Å². The topological polar surface area (TPSA) is 30.5 Å². The second-order valence-corrected chi connectivity index (χ2v) is 6.84. The van der Waals surface area contributed by atoms with Gasteiger partial charge in [-0.15, -0.1) is 0 Å². The minimum absolute atomic E-state index is 0.770. The summed E-state index contributed by atoms with van der Waals surface area (Å²) in [5, 5.41) is 3.53. The molecule has 0 heterocycles.